The van der Waals surface area contributed by atoms with Gasteiger partial charge in [0.05, 0.1) is 17.7 Å². The minimum absolute atomic E-state index is 0.124. The van der Waals surface area contributed by atoms with E-state index in [-0.39, 0.29) is 17.1 Å². The summed E-state index contributed by atoms with van der Waals surface area (Å²) in [5.41, 5.74) is -0.0738. The number of carbonyl (C=O) groups is 2. The Morgan fingerprint density at radius 1 is 1.43 bits per heavy atom. The highest BCUT2D eigenvalue weighted by Gasteiger charge is 2.20. The van der Waals surface area contributed by atoms with Crippen LogP contribution < -0.4 is 10.1 Å². The second kappa shape index (κ2) is 8.52. The molecule has 0 fully saturated rings. The summed E-state index contributed by atoms with van der Waals surface area (Å²) in [6, 6.07) is 3.80. The van der Waals surface area contributed by atoms with E-state index in [0.717, 1.165) is 0 Å². The number of rotatable bonds is 7. The Morgan fingerprint density at radius 2 is 2.13 bits per heavy atom. The maximum absolute atomic E-state index is 12.0. The molecular formula is C15H18N2O6. The van der Waals surface area contributed by atoms with Crippen molar-refractivity contribution in [3.63, 3.8) is 0 Å². The zero-order valence-electron chi connectivity index (χ0n) is 13.1. The third-order valence-corrected chi connectivity index (χ3v) is 2.80. The summed E-state index contributed by atoms with van der Waals surface area (Å²) >= 11 is 0. The highest BCUT2D eigenvalue weighted by molar-refractivity contribution is 5.97. The number of carbonyl (C=O) groups excluding carboxylic acids is 2. The van der Waals surface area contributed by atoms with Gasteiger partial charge in [-0.05, 0) is 19.4 Å². The minimum atomic E-state index is -1.06. The predicted octanol–water partition coefficient (Wildman–Crippen LogP) is 2.44. The fraction of sp³-hybridized carbons (Fsp3) is 0.333. The highest BCUT2D eigenvalue weighted by atomic mass is 16.6. The van der Waals surface area contributed by atoms with Crippen LogP contribution in [0.1, 0.15) is 20.3 Å². The average molecular weight is 322 g/mol. The first-order valence-corrected chi connectivity index (χ1v) is 6.89. The first-order chi connectivity index (χ1) is 10.9. The van der Waals surface area contributed by atoms with Crippen LogP contribution in [0.5, 0.6) is 5.75 Å². The Morgan fingerprint density at radius 3 is 2.70 bits per heavy atom. The molecule has 0 spiro atoms. The summed E-state index contributed by atoms with van der Waals surface area (Å²) in [7, 11) is 1.37. The number of allylic oxidation sites excluding steroid dienone is 1. The molecule has 0 aliphatic carbocycles. The molecule has 0 heterocycles. The van der Waals surface area contributed by atoms with Gasteiger partial charge in [0.25, 0.3) is 11.6 Å². The number of amides is 1. The summed E-state index contributed by atoms with van der Waals surface area (Å²) in [6.07, 6.45) is 2.45. The standard InChI is InChI=1S/C15H18N2O6/c1-4-5-6-14(18)23-10(2)15(19)16-12-9-11(17(20)21)7-8-13(12)22-3/h5-10H,4H2,1-3H3,(H,16,19)/b6-5+/t10-/m0/s1. The Hall–Kier alpha value is -2.90. The van der Waals surface area contributed by atoms with E-state index in [0.29, 0.717) is 6.42 Å². The molecule has 1 aromatic carbocycles. The zero-order chi connectivity index (χ0) is 17.4. The zero-order valence-corrected chi connectivity index (χ0v) is 13.1. The van der Waals surface area contributed by atoms with Gasteiger partial charge in [-0.25, -0.2) is 4.79 Å². The van der Waals surface area contributed by atoms with Crippen molar-refractivity contribution in [1.29, 1.82) is 0 Å². The number of nitro benzene ring substituents is 1. The van der Waals surface area contributed by atoms with Crippen molar-refractivity contribution in [2.24, 2.45) is 0 Å². The topological polar surface area (TPSA) is 108 Å². The fourth-order valence-corrected chi connectivity index (χ4v) is 1.62. The summed E-state index contributed by atoms with van der Waals surface area (Å²) in [5, 5.41) is 13.2. The van der Waals surface area contributed by atoms with Gasteiger partial charge in [-0.3, -0.25) is 14.9 Å². The number of methoxy groups -OCH3 is 1. The lowest BCUT2D eigenvalue weighted by Gasteiger charge is -2.14. The molecule has 23 heavy (non-hydrogen) atoms. The first-order valence-electron chi connectivity index (χ1n) is 6.89. The van der Waals surface area contributed by atoms with Crippen LogP contribution in [0.25, 0.3) is 0 Å². The molecule has 0 unspecified atom stereocenters. The minimum Gasteiger partial charge on any atom is -0.495 e. The van der Waals surface area contributed by atoms with Crippen LogP contribution in [0.2, 0.25) is 0 Å². The van der Waals surface area contributed by atoms with Gasteiger partial charge in [0.2, 0.25) is 0 Å². The fourth-order valence-electron chi connectivity index (χ4n) is 1.62. The average Bonchev–Trinajstić information content (AvgIpc) is 2.52. The quantitative estimate of drug-likeness (QED) is 0.357. The van der Waals surface area contributed by atoms with E-state index in [2.05, 4.69) is 5.32 Å². The van der Waals surface area contributed by atoms with E-state index in [1.54, 1.807) is 6.08 Å². The Bertz CT molecular complexity index is 626. The lowest BCUT2D eigenvalue weighted by atomic mass is 10.2. The van der Waals surface area contributed by atoms with Crippen molar-refractivity contribution in [2.45, 2.75) is 26.4 Å². The molecule has 0 radical (unpaired) electrons. The number of benzene rings is 1. The Balaban J connectivity index is 2.83. The molecule has 0 saturated heterocycles. The molecule has 0 aromatic heterocycles. The first kappa shape index (κ1) is 18.1. The molecule has 1 N–H and O–H groups in total. The van der Waals surface area contributed by atoms with Crippen LogP contribution in [-0.2, 0) is 14.3 Å². The highest BCUT2D eigenvalue weighted by Crippen LogP contribution is 2.29. The monoisotopic (exact) mass is 322 g/mol. The summed E-state index contributed by atoms with van der Waals surface area (Å²) in [6.45, 7) is 3.26. The SMILES string of the molecule is CC/C=C/C(=O)O[C@@H](C)C(=O)Nc1cc([N+](=O)[O-])ccc1OC. The van der Waals surface area contributed by atoms with Gasteiger partial charge in [0, 0.05) is 18.2 Å². The molecule has 0 aliphatic rings. The van der Waals surface area contributed by atoms with Crippen molar-refractivity contribution < 1.29 is 24.0 Å². The van der Waals surface area contributed by atoms with E-state index in [9.17, 15) is 19.7 Å². The van der Waals surface area contributed by atoms with Gasteiger partial charge in [-0.15, -0.1) is 0 Å². The smallest absolute Gasteiger partial charge is 0.331 e. The van der Waals surface area contributed by atoms with Crippen molar-refractivity contribution in [1.82, 2.24) is 0 Å². The maximum atomic E-state index is 12.0. The van der Waals surface area contributed by atoms with E-state index in [1.807, 2.05) is 6.92 Å². The summed E-state index contributed by atoms with van der Waals surface area (Å²) < 4.78 is 9.96. The lowest BCUT2D eigenvalue weighted by molar-refractivity contribution is -0.384. The number of nitrogens with zero attached hydrogens (tertiary/aromatic N) is 1. The van der Waals surface area contributed by atoms with Crippen LogP contribution in [0.3, 0.4) is 0 Å². The lowest BCUT2D eigenvalue weighted by Crippen LogP contribution is -2.29. The number of anilines is 1. The Labute approximate surface area is 133 Å². The van der Waals surface area contributed by atoms with E-state index < -0.39 is 22.9 Å². The largest absolute Gasteiger partial charge is 0.495 e. The third-order valence-electron chi connectivity index (χ3n) is 2.80. The summed E-state index contributed by atoms with van der Waals surface area (Å²) in [4.78, 5) is 33.7. The van der Waals surface area contributed by atoms with Crippen molar-refractivity contribution in [2.75, 3.05) is 12.4 Å². The van der Waals surface area contributed by atoms with Crippen molar-refractivity contribution in [3.05, 3.63) is 40.5 Å². The van der Waals surface area contributed by atoms with Gasteiger partial charge in [-0.1, -0.05) is 13.0 Å². The molecule has 0 bridgehead atoms. The maximum Gasteiger partial charge on any atom is 0.331 e. The number of hydrogen-bond acceptors (Lipinski definition) is 6. The van der Waals surface area contributed by atoms with Crippen molar-refractivity contribution >= 4 is 23.3 Å². The number of esters is 1. The normalized spacial score (nSPS) is 11.8. The number of nitrogens with one attached hydrogen (secondary N) is 1. The van der Waals surface area contributed by atoms with Gasteiger partial charge in [-0.2, -0.15) is 0 Å². The van der Waals surface area contributed by atoms with Gasteiger partial charge >= 0.3 is 5.97 Å². The van der Waals surface area contributed by atoms with E-state index in [1.165, 1.54) is 38.3 Å². The second-order valence-electron chi connectivity index (χ2n) is 4.52. The van der Waals surface area contributed by atoms with Crippen LogP contribution in [0.15, 0.2) is 30.4 Å². The molecule has 1 aromatic rings. The Kier molecular flexibility index (Phi) is 6.72. The molecule has 0 saturated carbocycles. The van der Waals surface area contributed by atoms with Crippen molar-refractivity contribution in [3.8, 4) is 5.75 Å². The second-order valence-corrected chi connectivity index (χ2v) is 4.52. The molecule has 1 atom stereocenters. The molecule has 0 aliphatic heterocycles. The summed E-state index contributed by atoms with van der Waals surface area (Å²) in [5.74, 6) is -1.00. The van der Waals surface area contributed by atoms with Crippen LogP contribution in [0.4, 0.5) is 11.4 Å². The molecule has 8 nitrogen and oxygen atoms in total. The number of non-ortho nitro benzene ring substituents is 1. The third kappa shape index (κ3) is 5.42. The number of ether oxygens (including phenoxy) is 2. The van der Waals surface area contributed by atoms with Crippen LogP contribution in [0, 0.1) is 10.1 Å². The van der Waals surface area contributed by atoms with Crippen LogP contribution in [-0.4, -0.2) is 30.0 Å². The number of hydrogen-bond donors (Lipinski definition) is 1. The van der Waals surface area contributed by atoms with Gasteiger partial charge < -0.3 is 14.8 Å². The van der Waals surface area contributed by atoms with Crippen LogP contribution >= 0.6 is 0 Å². The molecule has 1 rings (SSSR count). The molecular weight excluding hydrogens is 304 g/mol. The van der Waals surface area contributed by atoms with Gasteiger partial charge in [0.15, 0.2) is 6.10 Å². The van der Waals surface area contributed by atoms with Gasteiger partial charge in [0.1, 0.15) is 5.75 Å². The molecule has 1 amide bonds. The number of nitro groups is 1. The predicted molar refractivity (Wildman–Crippen MR) is 83.3 cm³/mol. The molecule has 8 heteroatoms. The van der Waals surface area contributed by atoms with E-state index in [4.69, 9.17) is 9.47 Å². The molecule has 124 valence electrons. The van der Waals surface area contributed by atoms with E-state index >= 15 is 0 Å².